The summed E-state index contributed by atoms with van der Waals surface area (Å²) in [6.45, 7) is 8.22. The largest absolute Gasteiger partial charge is 0.382 e. The summed E-state index contributed by atoms with van der Waals surface area (Å²) in [5, 5.41) is 4.40. The second-order valence-corrected chi connectivity index (χ2v) is 9.09. The van der Waals surface area contributed by atoms with E-state index < -0.39 is 0 Å². The molecule has 1 fully saturated rings. The maximum atomic E-state index is 13.0. The third kappa shape index (κ3) is 5.64. The summed E-state index contributed by atoms with van der Waals surface area (Å²) < 4.78 is 7.10. The van der Waals surface area contributed by atoms with Crippen LogP contribution in [0.3, 0.4) is 0 Å². The van der Waals surface area contributed by atoms with E-state index in [9.17, 15) is 9.59 Å². The Morgan fingerprint density at radius 1 is 1.30 bits per heavy atom. The molecule has 0 spiro atoms. The average molecular weight is 432 g/mol. The van der Waals surface area contributed by atoms with Crippen LogP contribution in [-0.2, 0) is 16.1 Å². The number of hydrogen-bond acceptors (Lipinski definition) is 5. The second kappa shape index (κ2) is 11.0. The van der Waals surface area contributed by atoms with Gasteiger partial charge in [0.1, 0.15) is 0 Å². The molecule has 1 N–H and O–H groups in total. The second-order valence-electron chi connectivity index (χ2n) is 8.15. The van der Waals surface area contributed by atoms with Crippen LogP contribution in [0, 0.1) is 11.8 Å². The van der Waals surface area contributed by atoms with Gasteiger partial charge in [0, 0.05) is 25.8 Å². The average Bonchev–Trinajstić information content (AvgIpc) is 2.74. The molecule has 3 atom stereocenters. The van der Waals surface area contributed by atoms with Crippen molar-refractivity contribution in [2.45, 2.75) is 64.2 Å². The fourth-order valence-electron chi connectivity index (χ4n) is 4.09. The van der Waals surface area contributed by atoms with E-state index in [0.717, 1.165) is 19.3 Å². The molecule has 2 aromatic rings. The van der Waals surface area contributed by atoms with Crippen LogP contribution < -0.4 is 10.9 Å². The number of thioether (sulfide) groups is 1. The van der Waals surface area contributed by atoms with Gasteiger partial charge in [-0.25, -0.2) is 4.98 Å². The molecule has 0 radical (unpaired) electrons. The fraction of sp³-hybridized carbons (Fsp3) is 0.609. The lowest BCUT2D eigenvalue weighted by Crippen LogP contribution is -2.44. The Bertz CT molecular complexity index is 914. The van der Waals surface area contributed by atoms with E-state index in [2.05, 4.69) is 24.1 Å². The number of ether oxygens (including phenoxy) is 1. The summed E-state index contributed by atoms with van der Waals surface area (Å²) in [7, 11) is 0. The third-order valence-corrected chi connectivity index (χ3v) is 7.06. The molecular weight excluding hydrogens is 398 g/mol. The quantitative estimate of drug-likeness (QED) is 0.371. The number of hydrogen-bond donors (Lipinski definition) is 1. The maximum absolute atomic E-state index is 13.0. The molecule has 30 heavy (non-hydrogen) atoms. The predicted molar refractivity (Wildman–Crippen MR) is 122 cm³/mol. The Kier molecular flexibility index (Phi) is 8.33. The van der Waals surface area contributed by atoms with Gasteiger partial charge in [-0.3, -0.25) is 14.2 Å². The van der Waals surface area contributed by atoms with Gasteiger partial charge in [0.2, 0.25) is 5.91 Å². The first-order valence-electron chi connectivity index (χ1n) is 11.0. The summed E-state index contributed by atoms with van der Waals surface area (Å²) >= 11 is 1.34. The minimum Gasteiger partial charge on any atom is -0.382 e. The molecule has 3 unspecified atom stereocenters. The molecule has 3 rings (SSSR count). The minimum absolute atomic E-state index is 0.00854. The normalized spacial score (nSPS) is 21.6. The SMILES string of the molecule is CCOCCCn1c(SCC(=O)NC2CCCC(C)C2C)nc2ccccc2c1=O. The van der Waals surface area contributed by atoms with E-state index in [1.165, 1.54) is 18.2 Å². The van der Waals surface area contributed by atoms with Crippen molar-refractivity contribution in [2.24, 2.45) is 11.8 Å². The number of nitrogens with one attached hydrogen (secondary N) is 1. The molecule has 1 aliphatic carbocycles. The lowest BCUT2D eigenvalue weighted by atomic mass is 9.78. The zero-order valence-electron chi connectivity index (χ0n) is 18.2. The Labute approximate surface area is 182 Å². The molecule has 1 aliphatic rings. The molecule has 0 bridgehead atoms. The fourth-order valence-corrected chi connectivity index (χ4v) is 4.92. The number of carbonyl (C=O) groups is 1. The Hall–Kier alpha value is -1.86. The number of rotatable bonds is 9. The van der Waals surface area contributed by atoms with Gasteiger partial charge in [-0.1, -0.05) is 50.6 Å². The smallest absolute Gasteiger partial charge is 0.262 e. The summed E-state index contributed by atoms with van der Waals surface area (Å²) in [6.07, 6.45) is 4.16. The molecule has 1 aromatic heterocycles. The molecular formula is C23H33N3O3S. The standard InChI is InChI=1S/C23H33N3O3S/c1-4-29-14-8-13-26-22(28)18-10-5-6-11-20(18)25-23(26)30-15-21(27)24-19-12-7-9-16(2)17(19)3/h5-6,10-11,16-17,19H,4,7-9,12-15H2,1-3H3,(H,24,27). The molecule has 0 saturated heterocycles. The number of fused-ring (bicyclic) bond motifs is 1. The first-order valence-corrected chi connectivity index (χ1v) is 12.0. The van der Waals surface area contributed by atoms with Crippen LogP contribution in [0.2, 0.25) is 0 Å². The van der Waals surface area contributed by atoms with Gasteiger partial charge in [0.15, 0.2) is 5.16 Å². The molecule has 1 heterocycles. The first-order chi connectivity index (χ1) is 14.5. The van der Waals surface area contributed by atoms with Crippen molar-refractivity contribution in [3.63, 3.8) is 0 Å². The van der Waals surface area contributed by atoms with Crippen molar-refractivity contribution in [1.29, 1.82) is 0 Å². The number of amides is 1. The third-order valence-electron chi connectivity index (χ3n) is 6.09. The molecule has 1 saturated carbocycles. The van der Waals surface area contributed by atoms with Crippen molar-refractivity contribution in [3.8, 4) is 0 Å². The highest BCUT2D eigenvalue weighted by Gasteiger charge is 2.28. The summed E-state index contributed by atoms with van der Waals surface area (Å²) in [4.78, 5) is 30.3. The number of para-hydroxylation sites is 1. The Morgan fingerprint density at radius 3 is 2.90 bits per heavy atom. The highest BCUT2D eigenvalue weighted by Crippen LogP contribution is 2.29. The number of nitrogens with zero attached hydrogens (tertiary/aromatic N) is 2. The number of carbonyl (C=O) groups excluding carboxylic acids is 1. The van der Waals surface area contributed by atoms with Crippen LogP contribution in [0.5, 0.6) is 0 Å². The van der Waals surface area contributed by atoms with Gasteiger partial charge in [-0.05, 0) is 43.7 Å². The molecule has 0 aliphatic heterocycles. The minimum atomic E-state index is -0.0604. The Balaban J connectivity index is 1.71. The van der Waals surface area contributed by atoms with Crippen LogP contribution in [0.4, 0.5) is 0 Å². The number of aromatic nitrogens is 2. The molecule has 7 heteroatoms. The van der Waals surface area contributed by atoms with E-state index in [1.54, 1.807) is 10.6 Å². The summed E-state index contributed by atoms with van der Waals surface area (Å²) in [6, 6.07) is 7.61. The van der Waals surface area contributed by atoms with E-state index in [1.807, 2.05) is 25.1 Å². The zero-order chi connectivity index (χ0) is 21.5. The van der Waals surface area contributed by atoms with Gasteiger partial charge >= 0.3 is 0 Å². The summed E-state index contributed by atoms with van der Waals surface area (Å²) in [5.74, 6) is 1.39. The van der Waals surface area contributed by atoms with Crippen LogP contribution >= 0.6 is 11.8 Å². The van der Waals surface area contributed by atoms with E-state index >= 15 is 0 Å². The molecule has 1 amide bonds. The van der Waals surface area contributed by atoms with Crippen molar-refractivity contribution < 1.29 is 9.53 Å². The topological polar surface area (TPSA) is 73.2 Å². The lowest BCUT2D eigenvalue weighted by Gasteiger charge is -2.34. The Morgan fingerprint density at radius 2 is 2.10 bits per heavy atom. The van der Waals surface area contributed by atoms with Gasteiger partial charge in [-0.2, -0.15) is 0 Å². The van der Waals surface area contributed by atoms with Crippen molar-refractivity contribution in [3.05, 3.63) is 34.6 Å². The van der Waals surface area contributed by atoms with Crippen LogP contribution in [0.15, 0.2) is 34.2 Å². The van der Waals surface area contributed by atoms with E-state index in [-0.39, 0.29) is 23.3 Å². The highest BCUT2D eigenvalue weighted by atomic mass is 32.2. The van der Waals surface area contributed by atoms with Gasteiger partial charge in [0.05, 0.1) is 16.7 Å². The molecule has 6 nitrogen and oxygen atoms in total. The zero-order valence-corrected chi connectivity index (χ0v) is 19.0. The molecule has 164 valence electrons. The lowest BCUT2D eigenvalue weighted by molar-refractivity contribution is -0.120. The predicted octanol–water partition coefficient (Wildman–Crippen LogP) is 3.86. The maximum Gasteiger partial charge on any atom is 0.262 e. The van der Waals surface area contributed by atoms with Gasteiger partial charge < -0.3 is 10.1 Å². The molecule has 1 aromatic carbocycles. The van der Waals surface area contributed by atoms with E-state index in [4.69, 9.17) is 4.74 Å². The van der Waals surface area contributed by atoms with Gasteiger partial charge in [0.25, 0.3) is 5.56 Å². The number of benzene rings is 1. The van der Waals surface area contributed by atoms with Crippen LogP contribution in [0.25, 0.3) is 10.9 Å². The van der Waals surface area contributed by atoms with Crippen molar-refractivity contribution in [1.82, 2.24) is 14.9 Å². The monoisotopic (exact) mass is 431 g/mol. The highest BCUT2D eigenvalue weighted by molar-refractivity contribution is 7.99. The van der Waals surface area contributed by atoms with Crippen LogP contribution in [-0.4, -0.2) is 40.5 Å². The van der Waals surface area contributed by atoms with Crippen molar-refractivity contribution in [2.75, 3.05) is 19.0 Å². The summed E-state index contributed by atoms with van der Waals surface area (Å²) in [5.41, 5.74) is 0.607. The van der Waals surface area contributed by atoms with Crippen LogP contribution in [0.1, 0.15) is 46.5 Å². The van der Waals surface area contributed by atoms with Gasteiger partial charge in [-0.15, -0.1) is 0 Å². The first kappa shape index (κ1) is 22.8. The van der Waals surface area contributed by atoms with E-state index in [0.29, 0.717) is 47.7 Å². The van der Waals surface area contributed by atoms with Crippen molar-refractivity contribution >= 4 is 28.6 Å².